The average Bonchev–Trinajstić information content (AvgIpc) is 2.34. The summed E-state index contributed by atoms with van der Waals surface area (Å²) < 4.78 is 0.739. The molecule has 90 valence electrons. The molecule has 0 atom stereocenters. The molecule has 0 aliphatic heterocycles. The first-order chi connectivity index (χ1) is 8.60. The van der Waals surface area contributed by atoms with E-state index in [1.807, 2.05) is 6.07 Å². The van der Waals surface area contributed by atoms with Crippen LogP contribution >= 0.6 is 27.5 Å². The van der Waals surface area contributed by atoms with E-state index >= 15 is 0 Å². The molecule has 2 aromatic rings. The Hall–Kier alpha value is -1.77. The predicted molar refractivity (Wildman–Crippen MR) is 75.8 cm³/mol. The van der Waals surface area contributed by atoms with Crippen LogP contribution in [0.1, 0.15) is 5.56 Å². The summed E-state index contributed by atoms with van der Waals surface area (Å²) in [6, 6.07) is 8.77. The number of aromatic nitrogens is 1. The molecular formula is C12H8BrClN4. The van der Waals surface area contributed by atoms with Crippen LogP contribution in [0.2, 0.25) is 5.02 Å². The summed E-state index contributed by atoms with van der Waals surface area (Å²) in [6.07, 6.45) is 1.55. The summed E-state index contributed by atoms with van der Waals surface area (Å²) in [6.45, 7) is 0. The highest BCUT2D eigenvalue weighted by Crippen LogP contribution is 2.29. The van der Waals surface area contributed by atoms with Gasteiger partial charge in [-0.05, 0) is 40.2 Å². The molecule has 0 aliphatic rings. The zero-order chi connectivity index (χ0) is 13.1. The number of benzene rings is 1. The van der Waals surface area contributed by atoms with Crippen molar-refractivity contribution in [3.8, 4) is 6.07 Å². The van der Waals surface area contributed by atoms with Crippen molar-refractivity contribution in [3.05, 3.63) is 45.5 Å². The molecule has 0 fully saturated rings. The first-order valence-electron chi connectivity index (χ1n) is 4.98. The monoisotopic (exact) mass is 322 g/mol. The third-order valence-corrected chi connectivity index (χ3v) is 3.13. The van der Waals surface area contributed by atoms with Crippen molar-refractivity contribution < 1.29 is 0 Å². The maximum absolute atomic E-state index is 8.75. The van der Waals surface area contributed by atoms with E-state index in [0.717, 1.165) is 4.47 Å². The van der Waals surface area contributed by atoms with E-state index in [2.05, 4.69) is 26.2 Å². The molecule has 0 saturated carbocycles. The molecule has 0 aliphatic carbocycles. The number of hydrogen-bond acceptors (Lipinski definition) is 4. The van der Waals surface area contributed by atoms with Crippen LogP contribution in [0.15, 0.2) is 34.9 Å². The minimum Gasteiger partial charge on any atom is -0.397 e. The van der Waals surface area contributed by atoms with Gasteiger partial charge in [-0.2, -0.15) is 5.26 Å². The topological polar surface area (TPSA) is 74.7 Å². The smallest absolute Gasteiger partial charge is 0.144 e. The Labute approximate surface area is 118 Å². The number of nitrogens with zero attached hydrogens (tertiary/aromatic N) is 2. The molecule has 0 radical (unpaired) electrons. The lowest BCUT2D eigenvalue weighted by Gasteiger charge is -2.09. The van der Waals surface area contributed by atoms with E-state index in [1.54, 1.807) is 30.5 Å². The molecule has 1 heterocycles. The van der Waals surface area contributed by atoms with Crippen LogP contribution in [-0.2, 0) is 0 Å². The van der Waals surface area contributed by atoms with Gasteiger partial charge in [0, 0.05) is 0 Å². The van der Waals surface area contributed by atoms with Gasteiger partial charge >= 0.3 is 0 Å². The number of pyridine rings is 1. The molecule has 0 unspecified atom stereocenters. The zero-order valence-corrected chi connectivity index (χ0v) is 11.5. The van der Waals surface area contributed by atoms with Crippen LogP contribution in [-0.4, -0.2) is 4.98 Å². The van der Waals surface area contributed by atoms with E-state index in [1.165, 1.54) is 0 Å². The number of rotatable bonds is 2. The van der Waals surface area contributed by atoms with E-state index in [0.29, 0.717) is 27.8 Å². The second-order valence-corrected chi connectivity index (χ2v) is 4.79. The Bertz CT molecular complexity index is 636. The van der Waals surface area contributed by atoms with Gasteiger partial charge in [0.05, 0.1) is 38.7 Å². The van der Waals surface area contributed by atoms with Gasteiger partial charge in [0.2, 0.25) is 0 Å². The number of nitrogens with two attached hydrogens (primary N) is 1. The Morgan fingerprint density at radius 2 is 2.17 bits per heavy atom. The number of hydrogen-bond donors (Lipinski definition) is 2. The summed E-state index contributed by atoms with van der Waals surface area (Å²) in [5.74, 6) is 0.607. The maximum Gasteiger partial charge on any atom is 0.144 e. The largest absolute Gasteiger partial charge is 0.397 e. The summed E-state index contributed by atoms with van der Waals surface area (Å²) in [4.78, 5) is 4.15. The van der Waals surface area contributed by atoms with Crippen molar-refractivity contribution in [1.29, 1.82) is 5.26 Å². The van der Waals surface area contributed by atoms with Crippen molar-refractivity contribution in [2.45, 2.75) is 0 Å². The van der Waals surface area contributed by atoms with E-state index in [-0.39, 0.29) is 0 Å². The van der Waals surface area contributed by atoms with Gasteiger partial charge in [-0.1, -0.05) is 11.6 Å². The molecular weight excluding hydrogens is 316 g/mol. The van der Waals surface area contributed by atoms with E-state index in [9.17, 15) is 0 Å². The number of nitrogens with one attached hydrogen (secondary N) is 1. The summed E-state index contributed by atoms with van der Waals surface area (Å²) in [5, 5.41) is 12.3. The molecule has 0 amide bonds. The third kappa shape index (κ3) is 2.73. The molecule has 6 heteroatoms. The lowest BCUT2D eigenvalue weighted by molar-refractivity contribution is 1.29. The van der Waals surface area contributed by atoms with Crippen molar-refractivity contribution in [2.24, 2.45) is 0 Å². The van der Waals surface area contributed by atoms with E-state index < -0.39 is 0 Å². The first kappa shape index (κ1) is 12.7. The van der Waals surface area contributed by atoms with Crippen molar-refractivity contribution in [1.82, 2.24) is 4.98 Å². The highest BCUT2D eigenvalue weighted by molar-refractivity contribution is 9.10. The number of nitriles is 1. The van der Waals surface area contributed by atoms with Crippen LogP contribution in [0.3, 0.4) is 0 Å². The Balaban J connectivity index is 2.32. The van der Waals surface area contributed by atoms with Gasteiger partial charge in [-0.3, -0.25) is 0 Å². The van der Waals surface area contributed by atoms with Gasteiger partial charge < -0.3 is 11.1 Å². The number of nitrogen functional groups attached to an aromatic ring is 1. The van der Waals surface area contributed by atoms with Crippen LogP contribution in [0, 0.1) is 11.3 Å². The molecule has 0 spiro atoms. The summed E-state index contributed by atoms with van der Waals surface area (Å²) in [7, 11) is 0. The second-order valence-electron chi connectivity index (χ2n) is 3.53. The van der Waals surface area contributed by atoms with Crippen molar-refractivity contribution >= 4 is 44.7 Å². The van der Waals surface area contributed by atoms with Crippen molar-refractivity contribution in [2.75, 3.05) is 11.1 Å². The number of halogens is 2. The van der Waals surface area contributed by atoms with E-state index in [4.69, 9.17) is 22.6 Å². The molecule has 18 heavy (non-hydrogen) atoms. The fourth-order valence-corrected chi connectivity index (χ4v) is 2.05. The van der Waals surface area contributed by atoms with Gasteiger partial charge in [0.15, 0.2) is 0 Å². The van der Waals surface area contributed by atoms with Crippen LogP contribution < -0.4 is 11.1 Å². The van der Waals surface area contributed by atoms with Crippen molar-refractivity contribution in [3.63, 3.8) is 0 Å². The molecule has 0 saturated heterocycles. The number of anilines is 3. The lowest BCUT2D eigenvalue weighted by atomic mass is 10.2. The molecule has 4 nitrogen and oxygen atoms in total. The molecule has 1 aromatic heterocycles. The normalized spacial score (nSPS) is 9.83. The SMILES string of the molecule is N#Cc1ccc(Nc2ncc(N)cc2Br)c(Cl)c1. The fourth-order valence-electron chi connectivity index (χ4n) is 1.36. The van der Waals surface area contributed by atoms with Crippen LogP contribution in [0.5, 0.6) is 0 Å². The highest BCUT2D eigenvalue weighted by atomic mass is 79.9. The van der Waals surface area contributed by atoms with Gasteiger partial charge in [-0.15, -0.1) is 0 Å². The lowest BCUT2D eigenvalue weighted by Crippen LogP contribution is -1.97. The maximum atomic E-state index is 8.75. The quantitative estimate of drug-likeness (QED) is 0.883. The minimum absolute atomic E-state index is 0.458. The van der Waals surface area contributed by atoms with Gasteiger partial charge in [0.1, 0.15) is 5.82 Å². The average molecular weight is 324 g/mol. The first-order valence-corrected chi connectivity index (χ1v) is 6.15. The van der Waals surface area contributed by atoms with Gasteiger partial charge in [0.25, 0.3) is 0 Å². The highest BCUT2D eigenvalue weighted by Gasteiger charge is 2.06. The van der Waals surface area contributed by atoms with Crippen LogP contribution in [0.25, 0.3) is 0 Å². The Morgan fingerprint density at radius 3 is 2.78 bits per heavy atom. The van der Waals surface area contributed by atoms with Gasteiger partial charge in [-0.25, -0.2) is 4.98 Å². The third-order valence-electron chi connectivity index (χ3n) is 2.21. The molecule has 3 N–H and O–H groups in total. The standard InChI is InChI=1S/C12H8BrClN4/c13-9-4-8(16)6-17-12(9)18-11-2-1-7(5-15)3-10(11)14/h1-4,6H,16H2,(H,17,18). The Kier molecular flexibility index (Phi) is 3.70. The zero-order valence-electron chi connectivity index (χ0n) is 9.11. The minimum atomic E-state index is 0.458. The van der Waals surface area contributed by atoms with Crippen LogP contribution in [0.4, 0.5) is 17.2 Å². The summed E-state index contributed by atoms with van der Waals surface area (Å²) >= 11 is 9.42. The molecule has 2 rings (SSSR count). The summed E-state index contributed by atoms with van der Waals surface area (Å²) in [5.41, 5.74) is 7.36. The fraction of sp³-hybridized carbons (Fsp3) is 0. The predicted octanol–water partition coefficient (Wildman–Crippen LogP) is 3.69. The molecule has 0 bridgehead atoms. The molecule has 1 aromatic carbocycles. The second kappa shape index (κ2) is 5.25. The Morgan fingerprint density at radius 1 is 1.39 bits per heavy atom.